The van der Waals surface area contributed by atoms with E-state index in [0.717, 1.165) is 4.90 Å². The highest BCUT2D eigenvalue weighted by Crippen LogP contribution is 2.40. The molecule has 0 bridgehead atoms. The summed E-state index contributed by atoms with van der Waals surface area (Å²) in [5.41, 5.74) is 1.83. The molecule has 3 amide bonds. The zero-order chi connectivity index (χ0) is 22.2. The summed E-state index contributed by atoms with van der Waals surface area (Å²) < 4.78 is 16.5. The zero-order valence-electron chi connectivity index (χ0n) is 17.1. The Morgan fingerprint density at radius 1 is 0.938 bits per heavy atom. The minimum absolute atomic E-state index is 0.317. The Balaban J connectivity index is 1.41. The van der Waals surface area contributed by atoms with E-state index in [1.165, 1.54) is 7.11 Å². The molecule has 2 aliphatic heterocycles. The Morgan fingerprint density at radius 2 is 1.66 bits per heavy atom. The second-order valence-electron chi connectivity index (χ2n) is 7.20. The molecule has 0 saturated heterocycles. The molecule has 0 radical (unpaired) electrons. The molecule has 0 aromatic heterocycles. The second kappa shape index (κ2) is 7.73. The van der Waals surface area contributed by atoms with Crippen LogP contribution in [0, 0.1) is 0 Å². The monoisotopic (exact) mass is 430 g/mol. The van der Waals surface area contributed by atoms with E-state index in [1.807, 2.05) is 0 Å². The molecule has 0 aliphatic carbocycles. The van der Waals surface area contributed by atoms with Gasteiger partial charge in [0.05, 0.1) is 23.9 Å². The van der Waals surface area contributed by atoms with Crippen molar-refractivity contribution in [2.75, 3.05) is 30.5 Å². The van der Waals surface area contributed by atoms with Gasteiger partial charge in [0.2, 0.25) is 5.75 Å². The highest BCUT2D eigenvalue weighted by atomic mass is 16.6. The van der Waals surface area contributed by atoms with Gasteiger partial charge in [-0.25, -0.2) is 4.90 Å². The molecule has 5 rings (SSSR count). The van der Waals surface area contributed by atoms with Gasteiger partial charge in [0, 0.05) is 11.3 Å². The first-order chi connectivity index (χ1) is 15.6. The minimum atomic E-state index is -0.403. The molecule has 160 valence electrons. The molecule has 0 unspecified atom stereocenters. The maximum absolute atomic E-state index is 12.9. The highest BCUT2D eigenvalue weighted by Gasteiger charge is 2.36. The quantitative estimate of drug-likeness (QED) is 0.637. The van der Waals surface area contributed by atoms with Crippen molar-refractivity contribution in [1.82, 2.24) is 0 Å². The summed E-state index contributed by atoms with van der Waals surface area (Å²) in [7, 11) is 1.49. The summed E-state index contributed by atoms with van der Waals surface area (Å²) in [5, 5.41) is 2.79. The number of nitrogens with one attached hydrogen (secondary N) is 1. The van der Waals surface area contributed by atoms with Crippen molar-refractivity contribution in [3.8, 4) is 17.2 Å². The van der Waals surface area contributed by atoms with Crippen molar-refractivity contribution >= 4 is 29.1 Å². The van der Waals surface area contributed by atoms with E-state index in [0.29, 0.717) is 58.5 Å². The molecule has 8 heteroatoms. The number of amides is 3. The van der Waals surface area contributed by atoms with Gasteiger partial charge in [0.25, 0.3) is 17.7 Å². The number of anilines is 2. The standard InChI is InChI=1S/C24H18N2O6/c1-30-19-11-14(12-20-21(19)32-10-9-31-20)22(27)25-15-5-4-6-16(13-15)26-23(28)17-7-2-3-8-18(17)24(26)29/h2-8,11-13H,9-10H2,1H3,(H,25,27). The van der Waals surface area contributed by atoms with Crippen LogP contribution in [0.2, 0.25) is 0 Å². The van der Waals surface area contributed by atoms with E-state index in [9.17, 15) is 14.4 Å². The fourth-order valence-electron chi connectivity index (χ4n) is 3.75. The number of methoxy groups -OCH3 is 1. The molecular weight excluding hydrogens is 412 g/mol. The van der Waals surface area contributed by atoms with Crippen molar-refractivity contribution in [3.63, 3.8) is 0 Å². The number of fused-ring (bicyclic) bond motifs is 2. The number of carbonyl (C=O) groups excluding carboxylic acids is 3. The van der Waals surface area contributed by atoms with Gasteiger partial charge in [0.1, 0.15) is 13.2 Å². The van der Waals surface area contributed by atoms with Crippen molar-refractivity contribution in [2.45, 2.75) is 0 Å². The average Bonchev–Trinajstić information content (AvgIpc) is 3.08. The van der Waals surface area contributed by atoms with Gasteiger partial charge < -0.3 is 19.5 Å². The molecule has 3 aromatic rings. The Hall–Kier alpha value is -4.33. The average molecular weight is 430 g/mol. The summed E-state index contributed by atoms with van der Waals surface area (Å²) in [6, 6.07) is 16.4. The van der Waals surface area contributed by atoms with Crippen LogP contribution in [0.3, 0.4) is 0 Å². The zero-order valence-corrected chi connectivity index (χ0v) is 17.1. The summed E-state index contributed by atoms with van der Waals surface area (Å²) in [6.45, 7) is 0.781. The fourth-order valence-corrected chi connectivity index (χ4v) is 3.75. The van der Waals surface area contributed by atoms with Gasteiger partial charge in [-0.1, -0.05) is 18.2 Å². The molecule has 0 saturated carbocycles. The Labute approximate surface area is 183 Å². The van der Waals surface area contributed by atoms with Crippen molar-refractivity contribution in [3.05, 3.63) is 77.4 Å². The smallest absolute Gasteiger partial charge is 0.266 e. The molecule has 2 aliphatic rings. The molecule has 32 heavy (non-hydrogen) atoms. The number of nitrogens with zero attached hydrogens (tertiary/aromatic N) is 1. The van der Waals surface area contributed by atoms with E-state index in [-0.39, 0.29) is 0 Å². The van der Waals surface area contributed by atoms with E-state index in [2.05, 4.69) is 5.32 Å². The second-order valence-corrected chi connectivity index (χ2v) is 7.20. The molecule has 2 heterocycles. The van der Waals surface area contributed by atoms with Crippen LogP contribution < -0.4 is 24.4 Å². The molecular formula is C24H18N2O6. The minimum Gasteiger partial charge on any atom is -0.493 e. The fraction of sp³-hybridized carbons (Fsp3) is 0.125. The van der Waals surface area contributed by atoms with Crippen LogP contribution in [0.1, 0.15) is 31.1 Å². The van der Waals surface area contributed by atoms with Crippen LogP contribution in [-0.4, -0.2) is 38.0 Å². The van der Waals surface area contributed by atoms with Crippen LogP contribution in [-0.2, 0) is 0 Å². The van der Waals surface area contributed by atoms with Crippen LogP contribution in [0.15, 0.2) is 60.7 Å². The lowest BCUT2D eigenvalue weighted by Gasteiger charge is -2.21. The predicted molar refractivity (Wildman–Crippen MR) is 116 cm³/mol. The van der Waals surface area contributed by atoms with Gasteiger partial charge in [-0.2, -0.15) is 0 Å². The van der Waals surface area contributed by atoms with Gasteiger partial charge >= 0.3 is 0 Å². The third kappa shape index (κ3) is 3.22. The van der Waals surface area contributed by atoms with Gasteiger partial charge in [-0.15, -0.1) is 0 Å². The lowest BCUT2D eigenvalue weighted by atomic mass is 10.1. The van der Waals surface area contributed by atoms with Gasteiger partial charge in [-0.05, 0) is 42.5 Å². The summed E-state index contributed by atoms with van der Waals surface area (Å²) in [5.74, 6) is 0.0895. The van der Waals surface area contributed by atoms with Crippen LogP contribution in [0.25, 0.3) is 0 Å². The van der Waals surface area contributed by atoms with E-state index in [4.69, 9.17) is 14.2 Å². The maximum Gasteiger partial charge on any atom is 0.266 e. The first-order valence-electron chi connectivity index (χ1n) is 9.93. The molecule has 3 aromatic carbocycles. The molecule has 8 nitrogen and oxygen atoms in total. The normalized spacial score (nSPS) is 14.2. The van der Waals surface area contributed by atoms with Crippen LogP contribution >= 0.6 is 0 Å². The molecule has 1 N–H and O–H groups in total. The largest absolute Gasteiger partial charge is 0.493 e. The van der Waals surface area contributed by atoms with Crippen molar-refractivity contribution < 1.29 is 28.6 Å². The topological polar surface area (TPSA) is 94.2 Å². The van der Waals surface area contributed by atoms with Crippen molar-refractivity contribution in [2.24, 2.45) is 0 Å². The number of hydrogen-bond acceptors (Lipinski definition) is 6. The Bertz CT molecular complexity index is 1220. The lowest BCUT2D eigenvalue weighted by molar-refractivity contribution is 0.0925. The molecule has 0 spiro atoms. The van der Waals surface area contributed by atoms with E-state index >= 15 is 0 Å². The predicted octanol–water partition coefficient (Wildman–Crippen LogP) is 3.52. The summed E-state index contributed by atoms with van der Waals surface area (Å²) in [6.07, 6.45) is 0. The number of hydrogen-bond donors (Lipinski definition) is 1. The highest BCUT2D eigenvalue weighted by molar-refractivity contribution is 6.34. The van der Waals surface area contributed by atoms with Gasteiger partial charge in [0.15, 0.2) is 11.5 Å². The maximum atomic E-state index is 12.9. The number of rotatable bonds is 4. The Kier molecular flexibility index (Phi) is 4.74. The third-order valence-corrected chi connectivity index (χ3v) is 5.25. The van der Waals surface area contributed by atoms with Crippen molar-refractivity contribution in [1.29, 1.82) is 0 Å². The first-order valence-corrected chi connectivity index (χ1v) is 9.93. The summed E-state index contributed by atoms with van der Waals surface area (Å²) in [4.78, 5) is 39.5. The number of benzene rings is 3. The van der Waals surface area contributed by atoms with E-state index in [1.54, 1.807) is 60.7 Å². The molecule has 0 atom stereocenters. The first kappa shape index (κ1) is 19.6. The van der Waals surface area contributed by atoms with Gasteiger partial charge in [-0.3, -0.25) is 14.4 Å². The van der Waals surface area contributed by atoms with Crippen LogP contribution in [0.4, 0.5) is 11.4 Å². The number of ether oxygens (including phenoxy) is 3. The summed E-state index contributed by atoms with van der Waals surface area (Å²) >= 11 is 0. The lowest BCUT2D eigenvalue weighted by Crippen LogP contribution is -2.29. The van der Waals surface area contributed by atoms with E-state index < -0.39 is 17.7 Å². The number of imide groups is 1. The SMILES string of the molecule is COc1cc(C(=O)Nc2cccc(N3C(=O)c4ccccc4C3=O)c2)cc2c1OCCO2. The van der Waals surface area contributed by atoms with Crippen LogP contribution in [0.5, 0.6) is 17.2 Å². The third-order valence-electron chi connectivity index (χ3n) is 5.25. The molecule has 0 fully saturated rings. The number of carbonyl (C=O) groups is 3. The Morgan fingerprint density at radius 3 is 2.38 bits per heavy atom.